The monoisotopic (exact) mass is 1610 g/mol. The Labute approximate surface area is 642 Å². The van der Waals surface area contributed by atoms with Crippen molar-refractivity contribution in [1.29, 1.82) is 0 Å². The van der Waals surface area contributed by atoms with E-state index in [4.69, 9.17) is 18.9 Å². The number of carbonyl (C=O) groups excluding carboxylic acids is 4. The van der Waals surface area contributed by atoms with Gasteiger partial charge in [0.25, 0.3) is 10.1 Å². The minimum atomic E-state index is -5.00. The van der Waals surface area contributed by atoms with E-state index in [1.807, 2.05) is 35.5 Å². The van der Waals surface area contributed by atoms with Crippen LogP contribution < -0.4 is 26.2 Å². The van der Waals surface area contributed by atoms with E-state index in [0.717, 1.165) is 0 Å². The number of unbranched alkanes of at least 4 members (excludes halogenated alkanes) is 8. The van der Waals surface area contributed by atoms with Crippen molar-refractivity contribution in [2.75, 3.05) is 44.4 Å². The van der Waals surface area contributed by atoms with Crippen LogP contribution >= 0.6 is 0 Å². The third-order valence-corrected chi connectivity index (χ3v) is 23.3. The molecule has 0 aliphatic carbocycles. The highest BCUT2D eigenvalue weighted by molar-refractivity contribution is 7.86. The highest BCUT2D eigenvalue weighted by Crippen LogP contribution is 2.52. The number of aliphatic hydroxyl groups is 16. The number of aliphatic hydroxyl groups excluding tert-OH is 16. The fraction of sp³-hybridized carbons (Fsp3) is 0.658. The van der Waals surface area contributed by atoms with Crippen molar-refractivity contribution in [2.45, 2.75) is 273 Å². The minimum Gasteiger partial charge on any atom is -0.744 e. The van der Waals surface area contributed by atoms with Crippen LogP contribution in [0.15, 0.2) is 94.4 Å². The predicted octanol–water partition coefficient (Wildman–Crippen LogP) is -3.79. The second-order valence-corrected chi connectivity index (χ2v) is 32.2. The maximum Gasteiger partial charge on any atom is 0.294 e. The Morgan fingerprint density at radius 3 is 1.24 bits per heavy atom. The van der Waals surface area contributed by atoms with E-state index in [9.17, 15) is 127 Å². The summed E-state index contributed by atoms with van der Waals surface area (Å²) in [6, 6.07) is 2.68. The molecular weight excluding hydrogens is 1500 g/mol. The van der Waals surface area contributed by atoms with Crippen LogP contribution in [0.4, 0.5) is 11.4 Å². The zero-order valence-corrected chi connectivity index (χ0v) is 63.3. The lowest BCUT2D eigenvalue weighted by Crippen LogP contribution is -2.64. The van der Waals surface area contributed by atoms with Gasteiger partial charge in [0.05, 0.1) is 41.6 Å². The van der Waals surface area contributed by atoms with Crippen LogP contribution in [-0.4, -0.2) is 304 Å². The average molecular weight is 1610 g/mol. The number of allylic oxidation sites excluding steroid dienone is 8. The van der Waals surface area contributed by atoms with Gasteiger partial charge in [-0.3, -0.25) is 23.7 Å². The largest absolute Gasteiger partial charge is 0.744 e. The molecule has 622 valence electrons. The Kier molecular flexibility index (Phi) is 32.8. The van der Waals surface area contributed by atoms with E-state index in [-0.39, 0.29) is 50.0 Å². The summed E-state index contributed by atoms with van der Waals surface area (Å²) in [6.45, 7) is 1.55. The number of anilines is 1. The molecule has 4 amide bonds. The number of hydrogen-bond acceptors (Lipinski definition) is 30. The molecule has 0 saturated carbocycles. The molecule has 6 aliphatic heterocycles. The molecule has 6 heterocycles. The Balaban J connectivity index is 1.04. The van der Waals surface area contributed by atoms with Crippen molar-refractivity contribution in [3.05, 3.63) is 95.8 Å². The fourth-order valence-electron chi connectivity index (χ4n) is 15.3. The zero-order valence-electron chi connectivity index (χ0n) is 61.6. The van der Waals surface area contributed by atoms with Crippen LogP contribution in [0.1, 0.15) is 141 Å². The molecule has 2 aromatic rings. The molecule has 6 aliphatic rings. The SMILES string of the molecule is CC1(CCCCCC(=O)N[C@@H]2[C@@H](O)[C@H](O)[C@@H](CO)O[C@H]2O)C(/C=C/C=C/C=C/C=C2/N(CCCCCC(=O)N[C@H]3[C@H](O)[C@@H](O)[C@H](CO)O[C@@H]3O)c3ccc(S(=O)(=O)O)cc3C2(C)CCCCCC(=O)N[C@H]2[C@H](O)[C@@H](O)[C@H](CO)O[C@@H]2O)=[N+](CCCCCC(=O)N[C@H]2[C@H](O)[C@@H](O)[C@H](CO)O[C@@H]2O)c2ccc(S(=O)(=O)[O-])cc21. The van der Waals surface area contributed by atoms with Crippen LogP contribution in [0.3, 0.4) is 0 Å². The Morgan fingerprint density at radius 1 is 0.468 bits per heavy atom. The molecule has 4 saturated heterocycles. The average Bonchev–Trinajstić information content (AvgIpc) is 1.59. The van der Waals surface area contributed by atoms with Gasteiger partial charge in [-0.05, 0) is 107 Å². The molecule has 111 heavy (non-hydrogen) atoms. The first kappa shape index (κ1) is 90.3. The second kappa shape index (κ2) is 40.4. The summed E-state index contributed by atoms with van der Waals surface area (Å²) in [5, 5.41) is 174. The Hall–Kier alpha value is -6.23. The van der Waals surface area contributed by atoms with Gasteiger partial charge in [0.1, 0.15) is 114 Å². The van der Waals surface area contributed by atoms with E-state index >= 15 is 0 Å². The molecule has 0 spiro atoms. The quantitative estimate of drug-likeness (QED) is 0.0133. The summed E-state index contributed by atoms with van der Waals surface area (Å²) < 4.78 is 96.8. The lowest BCUT2D eigenvalue weighted by Gasteiger charge is -2.40. The summed E-state index contributed by atoms with van der Waals surface area (Å²) in [7, 11) is -9.76. The van der Waals surface area contributed by atoms with E-state index in [0.29, 0.717) is 118 Å². The molecule has 8 rings (SSSR count). The fourth-order valence-corrected chi connectivity index (χ4v) is 16.3. The molecule has 36 nitrogen and oxygen atoms in total. The van der Waals surface area contributed by atoms with Crippen LogP contribution in [-0.2, 0) is 69.2 Å². The van der Waals surface area contributed by atoms with Gasteiger partial charge in [0.15, 0.2) is 30.9 Å². The summed E-state index contributed by atoms with van der Waals surface area (Å²) in [6.07, 6.45) is -7.96. The van der Waals surface area contributed by atoms with Gasteiger partial charge >= 0.3 is 0 Å². The Morgan fingerprint density at radius 2 is 0.838 bits per heavy atom. The van der Waals surface area contributed by atoms with Crippen LogP contribution in [0.2, 0.25) is 0 Å². The second-order valence-electron chi connectivity index (χ2n) is 29.4. The third-order valence-electron chi connectivity index (χ3n) is 21.6. The molecule has 21 N–H and O–H groups in total. The number of hydrogen-bond donors (Lipinski definition) is 21. The maximum absolute atomic E-state index is 13.2. The number of rotatable bonds is 38. The molecule has 4 fully saturated rings. The number of carbonyl (C=O) groups is 4. The molecule has 0 aromatic heterocycles. The number of fused-ring (bicyclic) bond motifs is 2. The molecule has 38 heteroatoms. The summed E-state index contributed by atoms with van der Waals surface area (Å²) >= 11 is 0. The minimum absolute atomic E-state index is 0.0747. The molecule has 22 atom stereocenters. The van der Waals surface area contributed by atoms with Crippen LogP contribution in [0.5, 0.6) is 0 Å². The van der Waals surface area contributed by atoms with Crippen molar-refractivity contribution in [3.8, 4) is 0 Å². The molecular formula is C73H108N6O30S2. The van der Waals surface area contributed by atoms with Crippen molar-refractivity contribution < 1.29 is 150 Å². The van der Waals surface area contributed by atoms with Crippen molar-refractivity contribution in [2.24, 2.45) is 0 Å². The number of ether oxygens (including phenoxy) is 4. The van der Waals surface area contributed by atoms with Crippen LogP contribution in [0, 0.1) is 0 Å². The van der Waals surface area contributed by atoms with Gasteiger partial charge in [-0.15, -0.1) is 0 Å². The topological polar surface area (TPSA) is 595 Å². The third kappa shape index (κ3) is 22.3. The first-order chi connectivity index (χ1) is 52.5. The molecule has 2 unspecified atom stereocenters. The smallest absolute Gasteiger partial charge is 0.294 e. The van der Waals surface area contributed by atoms with E-state index in [2.05, 4.69) is 21.3 Å². The lowest BCUT2D eigenvalue weighted by molar-refractivity contribution is -0.438. The van der Waals surface area contributed by atoms with Crippen molar-refractivity contribution in [3.63, 3.8) is 0 Å². The standard InChI is InChI=1S/C73H108N6O30S2/c1-72(30-16-6-12-22-52(84)74-56-64(92)60(88)46(36-80)106-68(56)96)42-34-40(110(100,101)102)26-28-44(42)78(32-18-8-14-24-54(86)76-58-66(94)62(90)48(38-82)108-70(58)98)50(72)20-10-4-3-5-11-21-51-73(2,31-17-7-13-23-53(85)75-57-65(93)61(89)47(37-81)107-69(57)97)43-35-41(111(103,104)105)27-29-45(43)79(51)33-19-9-15-25-55(87)77-59-67(95)63(91)49(39-83)109-71(59)99/h3-5,10-11,20-21,26-29,34-35,46-49,56-71,80-83,88-99H,6-9,12-19,22-25,30-33,36-39H2,1-2H3,(H5-,74,75,76,77,84,85,86,87,100,101,102,103,104,105)/t46-,47+,48-,49-,56-,57+,58-,59-,60-,61+,62-,63-,64-,65+,66-,67-,68-,69+,70-,71-,72?,73?/m0/s1. The van der Waals surface area contributed by atoms with E-state index in [1.165, 1.54) is 30.3 Å². The number of nitrogens with one attached hydrogen (secondary N) is 4. The van der Waals surface area contributed by atoms with Crippen LogP contribution in [0.25, 0.3) is 0 Å². The number of nitrogens with zero attached hydrogens (tertiary/aromatic N) is 2. The van der Waals surface area contributed by atoms with Gasteiger partial charge in [0.2, 0.25) is 29.3 Å². The van der Waals surface area contributed by atoms with E-state index < -0.39 is 209 Å². The highest BCUT2D eigenvalue weighted by Gasteiger charge is 2.51. The summed E-state index contributed by atoms with van der Waals surface area (Å²) in [5.41, 5.74) is 1.48. The first-order valence-corrected chi connectivity index (χ1v) is 40.2. The lowest BCUT2D eigenvalue weighted by atomic mass is 9.75. The summed E-state index contributed by atoms with van der Waals surface area (Å²) in [5.74, 6) is -2.31. The van der Waals surface area contributed by atoms with Gasteiger partial charge in [-0.25, -0.2) is 8.42 Å². The zero-order chi connectivity index (χ0) is 81.4. The first-order valence-electron chi connectivity index (χ1n) is 37.3. The van der Waals surface area contributed by atoms with Gasteiger partial charge in [-0.2, -0.15) is 13.0 Å². The normalized spacial score (nSPS) is 32.9. The molecule has 0 bridgehead atoms. The van der Waals surface area contributed by atoms with Gasteiger partial charge in [-0.1, -0.05) is 62.5 Å². The molecule has 2 aromatic carbocycles. The Bertz CT molecular complexity index is 3890. The molecule has 0 radical (unpaired) electrons. The predicted molar refractivity (Wildman–Crippen MR) is 389 cm³/mol. The number of amides is 4. The van der Waals surface area contributed by atoms with Crippen molar-refractivity contribution in [1.82, 2.24) is 21.3 Å². The number of benzene rings is 2. The van der Waals surface area contributed by atoms with E-state index in [1.54, 1.807) is 36.4 Å². The summed E-state index contributed by atoms with van der Waals surface area (Å²) in [4.78, 5) is 53.8. The maximum atomic E-state index is 13.2. The van der Waals surface area contributed by atoms with Crippen molar-refractivity contribution >= 4 is 61.0 Å². The highest BCUT2D eigenvalue weighted by atomic mass is 32.2. The van der Waals surface area contributed by atoms with Gasteiger partial charge < -0.3 is 131 Å². The van der Waals surface area contributed by atoms with Gasteiger partial charge in [0, 0.05) is 73.2 Å².